The van der Waals surface area contributed by atoms with E-state index in [9.17, 15) is 5.11 Å². The highest BCUT2D eigenvalue weighted by atomic mass is 32.1. The Morgan fingerprint density at radius 2 is 1.51 bits per heavy atom. The zero-order valence-electron chi connectivity index (χ0n) is 23.0. The van der Waals surface area contributed by atoms with Crippen LogP contribution in [-0.4, -0.2) is 59.4 Å². The van der Waals surface area contributed by atoms with Gasteiger partial charge >= 0.3 is 0 Å². The van der Waals surface area contributed by atoms with Crippen molar-refractivity contribution in [1.29, 1.82) is 0 Å². The van der Waals surface area contributed by atoms with Gasteiger partial charge in [0.25, 0.3) is 0 Å². The third-order valence-corrected chi connectivity index (χ3v) is 8.23. The van der Waals surface area contributed by atoms with Crippen LogP contribution < -0.4 is 9.64 Å². The lowest BCUT2D eigenvalue weighted by molar-refractivity contribution is 0.0409. The summed E-state index contributed by atoms with van der Waals surface area (Å²) in [5, 5.41) is 15.9. The van der Waals surface area contributed by atoms with Crippen LogP contribution in [0, 0.1) is 0 Å². The lowest BCUT2D eigenvalue weighted by Crippen LogP contribution is -2.60. The molecule has 2 N–H and O–H groups in total. The van der Waals surface area contributed by atoms with Crippen molar-refractivity contribution < 1.29 is 9.84 Å². The van der Waals surface area contributed by atoms with Gasteiger partial charge in [-0.3, -0.25) is 4.90 Å². The van der Waals surface area contributed by atoms with Crippen LogP contribution >= 0.6 is 40.5 Å². The smallest absolute Gasteiger partial charge is 0.129 e. The van der Waals surface area contributed by atoms with Crippen LogP contribution in [0.2, 0.25) is 0 Å². The van der Waals surface area contributed by atoms with Crippen LogP contribution in [0.25, 0.3) is 32.6 Å². The van der Waals surface area contributed by atoms with Crippen molar-refractivity contribution >= 4 is 78.8 Å². The number of nitrogens with zero attached hydrogens (tertiary/aromatic N) is 2. The second-order valence-electron chi connectivity index (χ2n) is 10.7. The number of rotatable bonds is 6. The van der Waals surface area contributed by atoms with E-state index in [-0.39, 0.29) is 47.1 Å². The summed E-state index contributed by atoms with van der Waals surface area (Å²) in [6.45, 7) is 2.80. The molecule has 0 saturated carbocycles. The summed E-state index contributed by atoms with van der Waals surface area (Å²) in [4.78, 5) is 8.53. The van der Waals surface area contributed by atoms with Crippen LogP contribution in [0.4, 0.5) is 5.69 Å². The zero-order chi connectivity index (χ0) is 25.5. The Morgan fingerprint density at radius 1 is 0.780 bits per heavy atom. The van der Waals surface area contributed by atoms with E-state index in [0.717, 1.165) is 53.5 Å². The molecule has 5 aromatic rings. The molecule has 8 rings (SSSR count). The molecule has 4 aromatic carbocycles. The summed E-state index contributed by atoms with van der Waals surface area (Å²) in [7, 11) is 0. The van der Waals surface area contributed by atoms with Gasteiger partial charge in [-0.15, -0.1) is 0 Å². The van der Waals surface area contributed by atoms with Crippen molar-refractivity contribution in [3.63, 3.8) is 0 Å². The Hall–Kier alpha value is -2.75. The third-order valence-electron chi connectivity index (χ3n) is 8.23. The van der Waals surface area contributed by atoms with Crippen molar-refractivity contribution in [2.75, 3.05) is 31.1 Å². The van der Waals surface area contributed by atoms with Crippen molar-refractivity contribution in [2.45, 2.75) is 31.0 Å². The average molecular weight is 606 g/mol. The molecule has 3 aliphatic rings. The molecular formula is C33H39N3O2S3. The number of piperazine rings is 1. The minimum atomic E-state index is -0.561. The number of aliphatic hydroxyl groups is 1. The highest BCUT2D eigenvalue weighted by molar-refractivity contribution is 7.59. The fourth-order valence-corrected chi connectivity index (χ4v) is 6.34. The molecule has 0 radical (unpaired) electrons. The number of hydrogen-bond donors (Lipinski definition) is 2. The highest BCUT2D eigenvalue weighted by Gasteiger charge is 2.35. The maximum absolute atomic E-state index is 11.1. The predicted molar refractivity (Wildman–Crippen MR) is 187 cm³/mol. The molecule has 0 aliphatic carbocycles. The number of nitrogens with one attached hydrogen (secondary N) is 1. The number of aromatic amines is 1. The maximum atomic E-state index is 11.1. The Bertz CT molecular complexity index is 1640. The first-order chi connectivity index (χ1) is 18.7. The van der Waals surface area contributed by atoms with E-state index in [1.165, 1.54) is 16.5 Å². The summed E-state index contributed by atoms with van der Waals surface area (Å²) in [6, 6.07) is 30.5. The molecule has 216 valence electrons. The summed E-state index contributed by atoms with van der Waals surface area (Å²) in [5.74, 6) is 0.818. The van der Waals surface area contributed by atoms with Gasteiger partial charge in [0.05, 0.1) is 5.52 Å². The lowest BCUT2D eigenvalue weighted by Gasteiger charge is -2.48. The Balaban J connectivity index is 0.00000129. The SMILES string of the molecule is O[C@H](COc1cccc2[nH]c3ccccc3c12)CN1C[C@@H]2C/C=C\C[C@H]1CN2c1ccc2ccccc2c1.S.S.S. The normalized spacial score (nSPS) is 20.0. The molecular weight excluding hydrogens is 567 g/mol. The molecule has 3 atom stereocenters. The van der Waals surface area contributed by atoms with Gasteiger partial charge < -0.3 is 19.7 Å². The summed E-state index contributed by atoms with van der Waals surface area (Å²) in [6.07, 6.45) is 6.12. The first kappa shape index (κ1) is 31.2. The first-order valence-electron chi connectivity index (χ1n) is 13.7. The van der Waals surface area contributed by atoms with Crippen LogP contribution in [0.1, 0.15) is 12.8 Å². The molecule has 2 bridgehead atoms. The fraction of sp³-hybridized carbons (Fsp3) is 0.273. The van der Waals surface area contributed by atoms with Gasteiger partial charge in [0.15, 0.2) is 0 Å². The Labute approximate surface area is 262 Å². The van der Waals surface area contributed by atoms with Gasteiger partial charge in [-0.1, -0.05) is 66.7 Å². The van der Waals surface area contributed by atoms with Crippen molar-refractivity contribution in [2.24, 2.45) is 0 Å². The molecule has 41 heavy (non-hydrogen) atoms. The maximum Gasteiger partial charge on any atom is 0.129 e. The van der Waals surface area contributed by atoms with E-state index in [1.807, 2.05) is 24.3 Å². The van der Waals surface area contributed by atoms with E-state index >= 15 is 0 Å². The van der Waals surface area contributed by atoms with Gasteiger partial charge in [0.2, 0.25) is 0 Å². The molecule has 0 spiro atoms. The minimum Gasteiger partial charge on any atom is -0.490 e. The van der Waals surface area contributed by atoms with Gasteiger partial charge in [0.1, 0.15) is 18.5 Å². The van der Waals surface area contributed by atoms with Crippen molar-refractivity contribution in [3.05, 3.63) is 97.1 Å². The predicted octanol–water partition coefficient (Wildman–Crippen LogP) is 6.46. The second kappa shape index (κ2) is 13.5. The first-order valence-corrected chi connectivity index (χ1v) is 13.7. The van der Waals surface area contributed by atoms with Gasteiger partial charge in [-0.05, 0) is 53.9 Å². The molecule has 1 aromatic heterocycles. The Kier molecular flexibility index (Phi) is 10.3. The van der Waals surface area contributed by atoms with Gasteiger partial charge in [-0.25, -0.2) is 0 Å². The standard InChI is InChI=1S/C33H33N3O2.3H2S/c37-28(22-38-32-15-7-14-31-33(32)29-12-5-6-13-30(29)34-31)21-35-19-27-11-4-3-10-26(35)20-36(27)25-17-16-23-8-1-2-9-24(23)18-25;;;/h1-9,12-18,26-28,34,37H,10-11,19-22H2;3*1H2/b4-3-;;;/t26-,27-,28-;;;/m0.../s1. The molecule has 0 unspecified atom stereocenters. The van der Waals surface area contributed by atoms with E-state index in [2.05, 4.69) is 87.6 Å². The zero-order valence-corrected chi connectivity index (χ0v) is 26.0. The number of benzene rings is 4. The van der Waals surface area contributed by atoms with Crippen LogP contribution in [0.3, 0.4) is 0 Å². The quantitative estimate of drug-likeness (QED) is 0.218. The molecule has 3 aliphatic heterocycles. The largest absolute Gasteiger partial charge is 0.490 e. The van der Waals surface area contributed by atoms with Crippen molar-refractivity contribution in [1.82, 2.24) is 9.88 Å². The molecule has 8 heteroatoms. The number of fused-ring (bicyclic) bond motifs is 8. The van der Waals surface area contributed by atoms with E-state index < -0.39 is 6.10 Å². The number of ether oxygens (including phenoxy) is 1. The number of aliphatic hydroxyl groups excluding tert-OH is 1. The number of hydrogen-bond acceptors (Lipinski definition) is 4. The highest BCUT2D eigenvalue weighted by Crippen LogP contribution is 2.34. The second-order valence-corrected chi connectivity index (χ2v) is 10.7. The van der Waals surface area contributed by atoms with E-state index in [4.69, 9.17) is 4.74 Å². The molecule has 5 nitrogen and oxygen atoms in total. The molecule has 1 saturated heterocycles. The van der Waals surface area contributed by atoms with Crippen LogP contribution in [0.15, 0.2) is 97.1 Å². The summed E-state index contributed by atoms with van der Waals surface area (Å²) < 4.78 is 6.24. The van der Waals surface area contributed by atoms with Crippen molar-refractivity contribution in [3.8, 4) is 5.75 Å². The molecule has 1 fully saturated rings. The number of aromatic nitrogens is 1. The topological polar surface area (TPSA) is 51.7 Å². The number of anilines is 1. The summed E-state index contributed by atoms with van der Waals surface area (Å²) in [5.41, 5.74) is 3.45. The Morgan fingerprint density at radius 3 is 2.37 bits per heavy atom. The van der Waals surface area contributed by atoms with E-state index in [0.29, 0.717) is 18.6 Å². The number of para-hydroxylation sites is 1. The van der Waals surface area contributed by atoms with Crippen LogP contribution in [0.5, 0.6) is 5.75 Å². The average Bonchev–Trinajstić information content (AvgIpc) is 3.32. The van der Waals surface area contributed by atoms with Gasteiger partial charge in [-0.2, -0.15) is 40.5 Å². The van der Waals surface area contributed by atoms with Gasteiger partial charge in [0, 0.05) is 53.7 Å². The summed E-state index contributed by atoms with van der Waals surface area (Å²) >= 11 is 0. The molecule has 4 heterocycles. The van der Waals surface area contributed by atoms with Crippen LogP contribution in [-0.2, 0) is 0 Å². The molecule has 0 amide bonds. The monoisotopic (exact) mass is 605 g/mol. The fourth-order valence-electron chi connectivity index (χ4n) is 6.34. The lowest BCUT2D eigenvalue weighted by atomic mass is 9.96. The minimum absolute atomic E-state index is 0. The number of H-pyrrole nitrogens is 1. The third kappa shape index (κ3) is 6.22. The van der Waals surface area contributed by atoms with E-state index in [1.54, 1.807) is 0 Å².